The Kier molecular flexibility index (Phi) is 4.48. The van der Waals surface area contributed by atoms with E-state index < -0.39 is 0 Å². The highest BCUT2D eigenvalue weighted by Crippen LogP contribution is 2.34. The Labute approximate surface area is 124 Å². The summed E-state index contributed by atoms with van der Waals surface area (Å²) < 4.78 is 3.08. The number of nitrogens with one attached hydrogen (secondary N) is 1. The topological polar surface area (TPSA) is 29.9 Å². The SMILES string of the molecule is CNC(c1ccc(Br)s1)c1c(Cl)cnn1C(C)C. The first-order valence-electron chi connectivity index (χ1n) is 5.70. The third kappa shape index (κ3) is 2.64. The Balaban J connectivity index is 2.47. The van der Waals surface area contributed by atoms with Gasteiger partial charge in [-0.3, -0.25) is 4.68 Å². The van der Waals surface area contributed by atoms with Gasteiger partial charge >= 0.3 is 0 Å². The summed E-state index contributed by atoms with van der Waals surface area (Å²) in [7, 11) is 1.94. The molecule has 0 aromatic carbocycles. The summed E-state index contributed by atoms with van der Waals surface area (Å²) in [5.41, 5.74) is 1.02. The highest BCUT2D eigenvalue weighted by atomic mass is 79.9. The summed E-state index contributed by atoms with van der Waals surface area (Å²) >= 11 is 11.5. The second-order valence-corrected chi connectivity index (χ2v) is 7.18. The van der Waals surface area contributed by atoms with Gasteiger partial charge in [0, 0.05) is 10.9 Å². The van der Waals surface area contributed by atoms with Crippen LogP contribution in [0.1, 0.15) is 36.5 Å². The summed E-state index contributed by atoms with van der Waals surface area (Å²) in [4.78, 5) is 1.22. The van der Waals surface area contributed by atoms with Gasteiger partial charge in [-0.2, -0.15) is 5.10 Å². The molecule has 0 aliphatic carbocycles. The van der Waals surface area contributed by atoms with Crippen molar-refractivity contribution in [1.82, 2.24) is 15.1 Å². The number of hydrogen-bond acceptors (Lipinski definition) is 3. The van der Waals surface area contributed by atoms with Crippen LogP contribution in [0, 0.1) is 0 Å². The van der Waals surface area contributed by atoms with Gasteiger partial charge in [-0.15, -0.1) is 11.3 Å². The van der Waals surface area contributed by atoms with Gasteiger partial charge in [0.05, 0.1) is 26.7 Å². The number of nitrogens with zero attached hydrogens (tertiary/aromatic N) is 2. The molecule has 1 N–H and O–H groups in total. The van der Waals surface area contributed by atoms with Crippen LogP contribution in [-0.2, 0) is 0 Å². The van der Waals surface area contributed by atoms with Crippen molar-refractivity contribution in [3.8, 4) is 0 Å². The van der Waals surface area contributed by atoms with Crippen molar-refractivity contribution in [3.63, 3.8) is 0 Å². The molecule has 18 heavy (non-hydrogen) atoms. The van der Waals surface area contributed by atoms with Gasteiger partial charge in [-0.25, -0.2) is 0 Å². The van der Waals surface area contributed by atoms with Crippen LogP contribution in [0.3, 0.4) is 0 Å². The van der Waals surface area contributed by atoms with Crippen LogP contribution in [0.15, 0.2) is 22.1 Å². The number of hydrogen-bond donors (Lipinski definition) is 1. The summed E-state index contributed by atoms with van der Waals surface area (Å²) in [5, 5.41) is 8.37. The molecule has 0 radical (unpaired) electrons. The molecule has 0 aliphatic heterocycles. The first kappa shape index (κ1) is 14.1. The Morgan fingerprint density at radius 1 is 1.44 bits per heavy atom. The van der Waals surface area contributed by atoms with Crippen molar-refractivity contribution in [2.45, 2.75) is 25.9 Å². The number of thiophene rings is 1. The average Bonchev–Trinajstić information content (AvgIpc) is 2.88. The number of halogens is 2. The lowest BCUT2D eigenvalue weighted by molar-refractivity contribution is 0.486. The maximum Gasteiger partial charge on any atom is 0.0855 e. The van der Waals surface area contributed by atoms with Crippen molar-refractivity contribution in [2.75, 3.05) is 7.05 Å². The molecule has 2 aromatic rings. The zero-order chi connectivity index (χ0) is 13.3. The maximum atomic E-state index is 6.29. The molecule has 98 valence electrons. The molecule has 2 rings (SSSR count). The summed E-state index contributed by atoms with van der Waals surface area (Å²) in [6.07, 6.45) is 1.71. The molecule has 0 saturated heterocycles. The normalized spacial score (nSPS) is 13.2. The maximum absolute atomic E-state index is 6.29. The second kappa shape index (κ2) is 5.74. The monoisotopic (exact) mass is 347 g/mol. The van der Waals surface area contributed by atoms with E-state index in [1.165, 1.54) is 4.88 Å². The van der Waals surface area contributed by atoms with E-state index in [4.69, 9.17) is 11.6 Å². The van der Waals surface area contributed by atoms with Gasteiger partial charge in [0.1, 0.15) is 0 Å². The third-order valence-electron chi connectivity index (χ3n) is 2.72. The summed E-state index contributed by atoms with van der Waals surface area (Å²) in [5.74, 6) is 0. The van der Waals surface area contributed by atoms with E-state index in [0.717, 1.165) is 9.48 Å². The van der Waals surface area contributed by atoms with E-state index in [-0.39, 0.29) is 12.1 Å². The van der Waals surface area contributed by atoms with Crippen molar-refractivity contribution in [1.29, 1.82) is 0 Å². The quantitative estimate of drug-likeness (QED) is 0.895. The highest BCUT2D eigenvalue weighted by molar-refractivity contribution is 9.11. The van der Waals surface area contributed by atoms with Gasteiger partial charge in [0.25, 0.3) is 0 Å². The zero-order valence-corrected chi connectivity index (χ0v) is 13.6. The van der Waals surface area contributed by atoms with E-state index in [1.54, 1.807) is 17.5 Å². The smallest absolute Gasteiger partial charge is 0.0855 e. The van der Waals surface area contributed by atoms with Crippen LogP contribution >= 0.6 is 38.9 Å². The van der Waals surface area contributed by atoms with Crippen LogP contribution in [0.2, 0.25) is 5.02 Å². The number of aromatic nitrogens is 2. The van der Waals surface area contributed by atoms with Crippen LogP contribution in [0.25, 0.3) is 0 Å². The van der Waals surface area contributed by atoms with E-state index >= 15 is 0 Å². The van der Waals surface area contributed by atoms with Gasteiger partial charge in [0.2, 0.25) is 0 Å². The molecule has 1 unspecified atom stereocenters. The largest absolute Gasteiger partial charge is 0.307 e. The van der Waals surface area contributed by atoms with Gasteiger partial charge < -0.3 is 5.32 Å². The molecular weight excluding hydrogens is 334 g/mol. The van der Waals surface area contributed by atoms with Crippen molar-refractivity contribution in [3.05, 3.63) is 37.7 Å². The lowest BCUT2D eigenvalue weighted by Crippen LogP contribution is -2.22. The van der Waals surface area contributed by atoms with Crippen LogP contribution in [0.4, 0.5) is 0 Å². The van der Waals surface area contributed by atoms with E-state index in [1.807, 2.05) is 17.8 Å². The van der Waals surface area contributed by atoms with Crippen LogP contribution in [0.5, 0.6) is 0 Å². The molecule has 2 aromatic heterocycles. The lowest BCUT2D eigenvalue weighted by atomic mass is 10.1. The minimum absolute atomic E-state index is 0.0682. The Morgan fingerprint density at radius 2 is 2.17 bits per heavy atom. The molecule has 0 spiro atoms. The molecular formula is C12H15BrClN3S. The van der Waals surface area contributed by atoms with E-state index in [0.29, 0.717) is 5.02 Å². The average molecular weight is 349 g/mol. The predicted molar refractivity (Wildman–Crippen MR) is 80.5 cm³/mol. The van der Waals surface area contributed by atoms with Gasteiger partial charge in [0.15, 0.2) is 0 Å². The second-order valence-electron chi connectivity index (χ2n) is 4.28. The van der Waals surface area contributed by atoms with E-state index in [2.05, 4.69) is 46.3 Å². The molecule has 6 heteroatoms. The first-order chi connectivity index (χ1) is 8.54. The molecule has 0 saturated carbocycles. The standard InChI is InChI=1S/C12H15BrClN3S/c1-7(2)17-12(8(14)6-16-17)11(15-3)9-4-5-10(13)18-9/h4-7,11,15H,1-3H3. The van der Waals surface area contributed by atoms with Crippen LogP contribution < -0.4 is 5.32 Å². The molecule has 2 heterocycles. The fraction of sp³-hybridized carbons (Fsp3) is 0.417. The minimum Gasteiger partial charge on any atom is -0.307 e. The predicted octanol–water partition coefficient (Wildman–Crippen LogP) is 4.25. The first-order valence-corrected chi connectivity index (χ1v) is 7.68. The number of rotatable bonds is 4. The summed E-state index contributed by atoms with van der Waals surface area (Å²) in [6.45, 7) is 4.20. The van der Waals surface area contributed by atoms with Crippen LogP contribution in [-0.4, -0.2) is 16.8 Å². The van der Waals surface area contributed by atoms with E-state index in [9.17, 15) is 0 Å². The lowest BCUT2D eigenvalue weighted by Gasteiger charge is -2.19. The Bertz CT molecular complexity index is 535. The molecule has 1 atom stereocenters. The fourth-order valence-electron chi connectivity index (χ4n) is 1.93. The molecule has 0 amide bonds. The Hall–Kier alpha value is -0.360. The third-order valence-corrected chi connectivity index (χ3v) is 4.70. The molecule has 0 fully saturated rings. The summed E-state index contributed by atoms with van der Waals surface area (Å²) in [6, 6.07) is 4.50. The Morgan fingerprint density at radius 3 is 2.67 bits per heavy atom. The van der Waals surface area contributed by atoms with Crippen molar-refractivity contribution < 1.29 is 0 Å². The minimum atomic E-state index is 0.0682. The van der Waals surface area contributed by atoms with Crippen molar-refractivity contribution in [2.24, 2.45) is 0 Å². The highest BCUT2D eigenvalue weighted by Gasteiger charge is 2.23. The van der Waals surface area contributed by atoms with Crippen molar-refractivity contribution >= 4 is 38.9 Å². The molecule has 0 aliphatic rings. The van der Waals surface area contributed by atoms with Gasteiger partial charge in [-0.05, 0) is 49.0 Å². The molecule has 3 nitrogen and oxygen atoms in total. The molecule has 0 bridgehead atoms. The fourth-order valence-corrected chi connectivity index (χ4v) is 3.71. The van der Waals surface area contributed by atoms with Gasteiger partial charge in [-0.1, -0.05) is 11.6 Å². The zero-order valence-electron chi connectivity index (χ0n) is 10.4.